The van der Waals surface area contributed by atoms with Crippen LogP contribution in [0.25, 0.3) is 0 Å². The van der Waals surface area contributed by atoms with Gasteiger partial charge in [0.15, 0.2) is 0 Å². The predicted molar refractivity (Wildman–Crippen MR) is 195 cm³/mol. The van der Waals surface area contributed by atoms with Crippen LogP contribution >= 0.6 is 0 Å². The normalized spacial score (nSPS) is 13.5. The van der Waals surface area contributed by atoms with Crippen molar-refractivity contribution in [3.8, 4) is 0 Å². The summed E-state index contributed by atoms with van der Waals surface area (Å²) in [5, 5.41) is 9.57. The van der Waals surface area contributed by atoms with E-state index in [2.05, 4.69) is 0 Å². The van der Waals surface area contributed by atoms with Crippen molar-refractivity contribution in [2.45, 2.75) is 151 Å². The number of hydrogen-bond donors (Lipinski definition) is 1. The maximum absolute atomic E-state index is 13.6. The van der Waals surface area contributed by atoms with Gasteiger partial charge in [-0.2, -0.15) is 4.89 Å². The van der Waals surface area contributed by atoms with E-state index < -0.39 is 76.3 Å². The van der Waals surface area contributed by atoms with E-state index in [-0.39, 0.29) is 58.8 Å². The van der Waals surface area contributed by atoms with Crippen LogP contribution in [0.3, 0.4) is 0 Å². The van der Waals surface area contributed by atoms with Gasteiger partial charge in [0, 0.05) is 32.6 Å². The number of hydrogen-bond acceptors (Lipinski definition) is 15. The van der Waals surface area contributed by atoms with Crippen LogP contribution in [0, 0.1) is 0 Å². The standard InChI is InChI=1S/C37H67N3O13/c1-33(2,3)48-28(43)22-38(23-29(44)49-34(4,5)6)18-20-40(26(16-17-27(41)42)32(47)52-53-37(13,14)15)21-19-39(24-30(45)50-35(7,8)9)25-31(46)51-36(10,11)12/h26H,16-25H2,1-15H3,(H,41,42)/t26-/m0/s1. The summed E-state index contributed by atoms with van der Waals surface area (Å²) < 4.78 is 22.0. The van der Waals surface area contributed by atoms with E-state index in [9.17, 15) is 33.9 Å². The maximum atomic E-state index is 13.6. The second-order valence-electron chi connectivity index (χ2n) is 17.8. The SMILES string of the molecule is CC(C)(C)OOC(=O)[C@H](CCC(=O)O)N(CCN(CC(=O)OC(C)(C)C)CC(=O)OC(C)(C)C)CCN(CC(=O)OC(C)(C)C)CC(=O)OC(C)(C)C. The number of aliphatic carboxylic acids is 1. The monoisotopic (exact) mass is 761 g/mol. The number of rotatable bonds is 20. The Balaban J connectivity index is 6.76. The highest BCUT2D eigenvalue weighted by Crippen LogP contribution is 2.17. The summed E-state index contributed by atoms with van der Waals surface area (Å²) in [6, 6.07) is -1.19. The van der Waals surface area contributed by atoms with Crippen LogP contribution in [0.1, 0.15) is 117 Å². The van der Waals surface area contributed by atoms with Gasteiger partial charge in [0.25, 0.3) is 0 Å². The lowest BCUT2D eigenvalue weighted by Gasteiger charge is -2.34. The Morgan fingerprint density at radius 1 is 0.491 bits per heavy atom. The van der Waals surface area contributed by atoms with Crippen LogP contribution in [-0.2, 0) is 57.5 Å². The lowest BCUT2D eigenvalue weighted by Crippen LogP contribution is -2.51. The topological polar surface area (TPSA) is 188 Å². The van der Waals surface area contributed by atoms with Gasteiger partial charge in [0.05, 0.1) is 26.2 Å². The molecule has 16 nitrogen and oxygen atoms in total. The minimum atomic E-state index is -1.19. The van der Waals surface area contributed by atoms with Gasteiger partial charge in [-0.25, -0.2) is 4.79 Å². The molecule has 0 heterocycles. The molecule has 0 amide bonds. The van der Waals surface area contributed by atoms with Gasteiger partial charge in [-0.05, 0) is 110 Å². The van der Waals surface area contributed by atoms with Crippen LogP contribution in [0.5, 0.6) is 0 Å². The van der Waals surface area contributed by atoms with Crippen molar-refractivity contribution in [1.82, 2.24) is 14.7 Å². The van der Waals surface area contributed by atoms with E-state index in [0.717, 1.165) is 0 Å². The van der Waals surface area contributed by atoms with Crippen molar-refractivity contribution < 1.29 is 62.6 Å². The first kappa shape index (κ1) is 49.7. The summed E-state index contributed by atoms with van der Waals surface area (Å²) in [5.74, 6) is -4.45. The molecule has 0 saturated heterocycles. The van der Waals surface area contributed by atoms with E-state index in [1.807, 2.05) is 0 Å². The molecule has 0 radical (unpaired) electrons. The third kappa shape index (κ3) is 27.9. The Bertz CT molecular complexity index is 1090. The number of esters is 4. The first-order chi connectivity index (χ1) is 23.7. The molecule has 0 aromatic rings. The highest BCUT2D eigenvalue weighted by Gasteiger charge is 2.33. The summed E-state index contributed by atoms with van der Waals surface area (Å²) in [5.41, 5.74) is -4.08. The molecule has 1 N–H and O–H groups in total. The third-order valence-corrected chi connectivity index (χ3v) is 6.22. The van der Waals surface area contributed by atoms with Gasteiger partial charge in [-0.15, -0.1) is 0 Å². The second-order valence-corrected chi connectivity index (χ2v) is 17.8. The number of carbonyl (C=O) groups excluding carboxylic acids is 5. The first-order valence-corrected chi connectivity index (χ1v) is 17.9. The first-order valence-electron chi connectivity index (χ1n) is 17.9. The molecule has 0 unspecified atom stereocenters. The van der Waals surface area contributed by atoms with Crippen LogP contribution in [0.4, 0.5) is 0 Å². The van der Waals surface area contributed by atoms with Crippen molar-refractivity contribution in [3.63, 3.8) is 0 Å². The molecule has 53 heavy (non-hydrogen) atoms. The average molecular weight is 762 g/mol. The van der Waals surface area contributed by atoms with Crippen LogP contribution in [-0.4, -0.2) is 142 Å². The summed E-state index contributed by atoms with van der Waals surface area (Å²) in [7, 11) is 0. The van der Waals surface area contributed by atoms with Gasteiger partial charge in [-0.1, -0.05) is 0 Å². The van der Waals surface area contributed by atoms with Gasteiger partial charge < -0.3 is 24.1 Å². The fraction of sp³-hybridized carbons (Fsp3) is 0.838. The van der Waals surface area contributed by atoms with E-state index in [0.29, 0.717) is 0 Å². The lowest BCUT2D eigenvalue weighted by atomic mass is 10.1. The number of ether oxygens (including phenoxy) is 4. The lowest BCUT2D eigenvalue weighted by molar-refractivity contribution is -0.323. The molecule has 0 aliphatic rings. The van der Waals surface area contributed by atoms with E-state index in [4.69, 9.17) is 28.7 Å². The Hall–Kier alpha value is -3.34. The zero-order valence-electron chi connectivity index (χ0n) is 34.8. The van der Waals surface area contributed by atoms with E-state index in [1.54, 1.807) is 109 Å². The molecule has 0 spiro atoms. The molecule has 1 atom stereocenters. The fourth-order valence-electron chi connectivity index (χ4n) is 4.55. The summed E-state index contributed by atoms with van der Waals surface area (Å²) >= 11 is 0. The van der Waals surface area contributed by atoms with Crippen molar-refractivity contribution in [2.24, 2.45) is 0 Å². The Kier molecular flexibility index (Phi) is 19.6. The Morgan fingerprint density at radius 2 is 0.792 bits per heavy atom. The van der Waals surface area contributed by atoms with E-state index >= 15 is 0 Å². The van der Waals surface area contributed by atoms with E-state index in [1.165, 1.54) is 9.80 Å². The molecule has 0 saturated carbocycles. The number of carboxylic acid groups (broad SMARTS) is 1. The predicted octanol–water partition coefficient (Wildman–Crippen LogP) is 3.77. The second kappa shape index (κ2) is 20.9. The number of nitrogens with zero attached hydrogens (tertiary/aromatic N) is 3. The van der Waals surface area contributed by atoms with Gasteiger partial charge >= 0.3 is 35.8 Å². The molecule has 0 aliphatic heterocycles. The largest absolute Gasteiger partial charge is 0.481 e. The quantitative estimate of drug-likeness (QED) is 0.0817. The smallest absolute Gasteiger partial charge is 0.359 e. The average Bonchev–Trinajstić information content (AvgIpc) is 2.87. The fourth-order valence-corrected chi connectivity index (χ4v) is 4.55. The van der Waals surface area contributed by atoms with Crippen molar-refractivity contribution in [1.29, 1.82) is 0 Å². The molecule has 16 heteroatoms. The number of carboxylic acids is 1. The molecular weight excluding hydrogens is 694 g/mol. The molecule has 0 fully saturated rings. The van der Waals surface area contributed by atoms with Crippen LogP contribution in [0.15, 0.2) is 0 Å². The van der Waals surface area contributed by atoms with Gasteiger partial charge in [0.2, 0.25) is 0 Å². The van der Waals surface area contributed by atoms with Crippen LogP contribution in [0.2, 0.25) is 0 Å². The molecule has 0 rings (SSSR count). The van der Waals surface area contributed by atoms with Crippen LogP contribution < -0.4 is 0 Å². The molecule has 0 bridgehead atoms. The minimum absolute atomic E-state index is 0.00673. The van der Waals surface area contributed by atoms with Crippen molar-refractivity contribution in [3.05, 3.63) is 0 Å². The van der Waals surface area contributed by atoms with Crippen molar-refractivity contribution >= 4 is 35.8 Å². The highest BCUT2D eigenvalue weighted by atomic mass is 17.2. The Morgan fingerprint density at radius 3 is 1.04 bits per heavy atom. The number of carbonyl (C=O) groups is 6. The summed E-state index contributed by atoms with van der Waals surface area (Å²) in [6.45, 7) is 24.3. The maximum Gasteiger partial charge on any atom is 0.359 e. The molecular formula is C37H67N3O13. The molecule has 0 aromatic heterocycles. The highest BCUT2D eigenvalue weighted by molar-refractivity contribution is 5.77. The minimum Gasteiger partial charge on any atom is -0.481 e. The zero-order valence-corrected chi connectivity index (χ0v) is 34.8. The third-order valence-electron chi connectivity index (χ3n) is 6.22. The Labute approximate surface area is 316 Å². The summed E-state index contributed by atoms with van der Waals surface area (Å²) in [6.07, 6.45) is -0.608. The molecule has 0 aliphatic carbocycles. The zero-order chi connectivity index (χ0) is 41.6. The molecule has 0 aromatic carbocycles. The van der Waals surface area contributed by atoms with Gasteiger partial charge in [0.1, 0.15) is 34.0 Å². The van der Waals surface area contributed by atoms with Crippen molar-refractivity contribution in [2.75, 3.05) is 52.4 Å². The van der Waals surface area contributed by atoms with Gasteiger partial charge in [-0.3, -0.25) is 43.6 Å². The molecule has 308 valence electrons. The summed E-state index contributed by atoms with van der Waals surface area (Å²) in [4.78, 5) is 92.0.